The predicted octanol–water partition coefficient (Wildman–Crippen LogP) is 2.40. The van der Waals surface area contributed by atoms with Crippen molar-refractivity contribution in [2.75, 3.05) is 0 Å². The summed E-state index contributed by atoms with van der Waals surface area (Å²) in [4.78, 5) is 13.8. The molecular weight excluding hydrogens is 267 g/mol. The van der Waals surface area contributed by atoms with Gasteiger partial charge >= 0.3 is 6.18 Å². The van der Waals surface area contributed by atoms with E-state index in [9.17, 15) is 18.0 Å². The molecule has 1 unspecified atom stereocenters. The minimum Gasteiger partial charge on any atom is -0.369 e. The Labute approximate surface area is 107 Å². The molecular formula is C10H14F3N3OS. The van der Waals surface area contributed by atoms with Crippen LogP contribution in [0.5, 0.6) is 0 Å². The summed E-state index contributed by atoms with van der Waals surface area (Å²) in [7, 11) is 0. The molecule has 1 aromatic heterocycles. The van der Waals surface area contributed by atoms with Gasteiger partial charge in [-0.1, -0.05) is 0 Å². The largest absolute Gasteiger partial charge is 0.390 e. The van der Waals surface area contributed by atoms with Crippen LogP contribution < -0.4 is 5.73 Å². The first-order valence-corrected chi connectivity index (χ1v) is 5.69. The molecule has 3 N–H and O–H groups in total. The summed E-state index contributed by atoms with van der Waals surface area (Å²) in [5.41, 5.74) is 6.13. The van der Waals surface area contributed by atoms with Crippen molar-refractivity contribution < 1.29 is 18.0 Å². The number of nitrogens with two attached hydrogens (primary N) is 1. The Morgan fingerprint density at radius 1 is 1.56 bits per heavy atom. The maximum atomic E-state index is 12.2. The molecule has 0 radical (unpaired) electrons. The number of rotatable bonds is 4. The van der Waals surface area contributed by atoms with E-state index in [0.717, 1.165) is 0 Å². The van der Waals surface area contributed by atoms with Gasteiger partial charge in [-0.05, 0) is 26.1 Å². The van der Waals surface area contributed by atoms with Crippen LogP contribution in [0.15, 0.2) is 0 Å². The van der Waals surface area contributed by atoms with Crippen LogP contribution in [0.1, 0.15) is 30.7 Å². The van der Waals surface area contributed by atoms with Gasteiger partial charge in [0, 0.05) is 17.9 Å². The van der Waals surface area contributed by atoms with Crippen LogP contribution in [-0.4, -0.2) is 21.6 Å². The molecule has 0 bridgehead atoms. The third kappa shape index (κ3) is 3.34. The van der Waals surface area contributed by atoms with Gasteiger partial charge in [0.05, 0.1) is 12.3 Å². The third-order valence-electron chi connectivity index (χ3n) is 2.76. The molecule has 0 aliphatic rings. The normalized spacial score (nSPS) is 13.6. The monoisotopic (exact) mass is 281 g/mol. The number of alkyl halides is 3. The zero-order chi connectivity index (χ0) is 14.1. The number of primary amides is 1. The summed E-state index contributed by atoms with van der Waals surface area (Å²) >= 11 is 4.94. The SMILES string of the molecule is Cc1c(C(C)C(N)=O)[nH]c(=S)n1CCC(F)(F)F. The molecule has 1 atom stereocenters. The molecule has 1 amide bonds. The van der Waals surface area contributed by atoms with Gasteiger partial charge in [0.1, 0.15) is 0 Å². The van der Waals surface area contributed by atoms with Crippen LogP contribution in [0, 0.1) is 11.7 Å². The first-order valence-electron chi connectivity index (χ1n) is 5.29. The number of imidazole rings is 1. The van der Waals surface area contributed by atoms with E-state index in [2.05, 4.69) is 4.98 Å². The van der Waals surface area contributed by atoms with Gasteiger partial charge in [-0.25, -0.2) is 0 Å². The van der Waals surface area contributed by atoms with Crippen LogP contribution in [0.25, 0.3) is 0 Å². The van der Waals surface area contributed by atoms with Crippen LogP contribution in [-0.2, 0) is 11.3 Å². The molecule has 1 rings (SSSR count). The molecule has 4 nitrogen and oxygen atoms in total. The maximum Gasteiger partial charge on any atom is 0.390 e. The highest BCUT2D eigenvalue weighted by molar-refractivity contribution is 7.71. The fourth-order valence-electron chi connectivity index (χ4n) is 1.64. The van der Waals surface area contributed by atoms with E-state index in [-0.39, 0.29) is 11.3 Å². The third-order valence-corrected chi connectivity index (χ3v) is 3.08. The van der Waals surface area contributed by atoms with E-state index in [1.165, 1.54) is 4.57 Å². The Kier molecular flexibility index (Phi) is 4.20. The van der Waals surface area contributed by atoms with E-state index < -0.39 is 24.4 Å². The van der Waals surface area contributed by atoms with E-state index in [1.54, 1.807) is 13.8 Å². The van der Waals surface area contributed by atoms with Crippen LogP contribution in [0.2, 0.25) is 0 Å². The number of aromatic amines is 1. The Balaban J connectivity index is 3.02. The highest BCUT2D eigenvalue weighted by Crippen LogP contribution is 2.23. The second kappa shape index (κ2) is 5.13. The average Bonchev–Trinajstić information content (AvgIpc) is 2.49. The van der Waals surface area contributed by atoms with Crippen molar-refractivity contribution in [2.45, 2.75) is 38.9 Å². The number of halogens is 3. The number of carbonyl (C=O) groups excluding carboxylic acids is 1. The predicted molar refractivity (Wildman–Crippen MR) is 62.6 cm³/mol. The maximum absolute atomic E-state index is 12.2. The Bertz CT molecular complexity index is 503. The minimum atomic E-state index is -4.24. The molecule has 0 saturated carbocycles. The van der Waals surface area contributed by atoms with Crippen LogP contribution in [0.3, 0.4) is 0 Å². The van der Waals surface area contributed by atoms with Crippen molar-refractivity contribution in [3.8, 4) is 0 Å². The molecule has 102 valence electrons. The summed E-state index contributed by atoms with van der Waals surface area (Å²) in [6.45, 7) is 2.91. The molecule has 1 aromatic rings. The number of H-pyrrole nitrogens is 1. The Hall–Kier alpha value is -1.31. The lowest BCUT2D eigenvalue weighted by Crippen LogP contribution is -2.20. The second-order valence-electron chi connectivity index (χ2n) is 4.07. The molecule has 1 heterocycles. The molecule has 18 heavy (non-hydrogen) atoms. The van der Waals surface area contributed by atoms with Gasteiger partial charge in [-0.2, -0.15) is 13.2 Å². The number of hydrogen-bond donors (Lipinski definition) is 2. The fraction of sp³-hybridized carbons (Fsp3) is 0.600. The lowest BCUT2D eigenvalue weighted by Gasteiger charge is -2.10. The van der Waals surface area contributed by atoms with E-state index in [4.69, 9.17) is 18.0 Å². The van der Waals surface area contributed by atoms with E-state index in [0.29, 0.717) is 11.4 Å². The lowest BCUT2D eigenvalue weighted by molar-refractivity contribution is -0.136. The van der Waals surface area contributed by atoms with Crippen molar-refractivity contribution in [3.63, 3.8) is 0 Å². The van der Waals surface area contributed by atoms with Crippen molar-refractivity contribution in [3.05, 3.63) is 16.2 Å². The van der Waals surface area contributed by atoms with Gasteiger partial charge in [-0.15, -0.1) is 0 Å². The Morgan fingerprint density at radius 3 is 2.56 bits per heavy atom. The molecule has 0 aliphatic heterocycles. The van der Waals surface area contributed by atoms with Gasteiger partial charge in [0.15, 0.2) is 4.77 Å². The molecule has 8 heteroatoms. The number of hydrogen-bond acceptors (Lipinski definition) is 2. The number of nitrogens with zero attached hydrogens (tertiary/aromatic N) is 1. The summed E-state index contributed by atoms with van der Waals surface area (Å²) in [5, 5.41) is 0. The second-order valence-corrected chi connectivity index (χ2v) is 4.46. The quantitative estimate of drug-likeness (QED) is 0.832. The average molecular weight is 281 g/mol. The molecule has 0 aromatic carbocycles. The zero-order valence-electron chi connectivity index (χ0n) is 9.97. The molecule has 0 saturated heterocycles. The Morgan fingerprint density at radius 2 is 2.11 bits per heavy atom. The van der Waals surface area contributed by atoms with Gasteiger partial charge < -0.3 is 15.3 Å². The first kappa shape index (κ1) is 14.7. The van der Waals surface area contributed by atoms with Crippen LogP contribution >= 0.6 is 12.2 Å². The topological polar surface area (TPSA) is 63.8 Å². The summed E-state index contributed by atoms with van der Waals surface area (Å²) in [6.07, 6.45) is -5.21. The molecule has 0 spiro atoms. The van der Waals surface area contributed by atoms with Crippen molar-refractivity contribution >= 4 is 18.1 Å². The van der Waals surface area contributed by atoms with Crippen molar-refractivity contribution in [1.82, 2.24) is 9.55 Å². The summed E-state index contributed by atoms with van der Waals surface area (Å²) < 4.78 is 38.0. The van der Waals surface area contributed by atoms with Crippen LogP contribution in [0.4, 0.5) is 13.2 Å². The smallest absolute Gasteiger partial charge is 0.369 e. The van der Waals surface area contributed by atoms with E-state index >= 15 is 0 Å². The molecule has 0 aliphatic carbocycles. The van der Waals surface area contributed by atoms with E-state index in [1.807, 2.05) is 0 Å². The first-order chi connectivity index (χ1) is 8.13. The summed E-state index contributed by atoms with van der Waals surface area (Å²) in [6, 6.07) is 0. The van der Waals surface area contributed by atoms with Gasteiger partial charge in [0.2, 0.25) is 5.91 Å². The lowest BCUT2D eigenvalue weighted by atomic mass is 10.1. The fourth-order valence-corrected chi connectivity index (χ4v) is 1.98. The minimum absolute atomic E-state index is 0.167. The molecule has 0 fully saturated rings. The van der Waals surface area contributed by atoms with Gasteiger partial charge in [0.25, 0.3) is 0 Å². The number of amides is 1. The van der Waals surface area contributed by atoms with Crippen molar-refractivity contribution in [2.24, 2.45) is 5.73 Å². The standard InChI is InChI=1S/C10H14F3N3OS/c1-5(8(14)17)7-6(2)16(9(18)15-7)4-3-10(11,12)13/h5H,3-4H2,1-2H3,(H2,14,17)(H,15,18). The summed E-state index contributed by atoms with van der Waals surface area (Å²) in [5.74, 6) is -1.17. The number of nitrogens with one attached hydrogen (secondary N) is 1. The number of aromatic nitrogens is 2. The number of carbonyl (C=O) groups is 1. The van der Waals surface area contributed by atoms with Gasteiger partial charge in [-0.3, -0.25) is 4.79 Å². The highest BCUT2D eigenvalue weighted by Gasteiger charge is 2.28. The zero-order valence-corrected chi connectivity index (χ0v) is 10.8. The highest BCUT2D eigenvalue weighted by atomic mass is 32.1. The van der Waals surface area contributed by atoms with Crippen molar-refractivity contribution in [1.29, 1.82) is 0 Å².